The van der Waals surface area contributed by atoms with Crippen LogP contribution in [0.5, 0.6) is 5.88 Å². The van der Waals surface area contributed by atoms with Crippen LogP contribution in [0.25, 0.3) is 0 Å². The lowest BCUT2D eigenvalue weighted by Crippen LogP contribution is -2.10. The quantitative estimate of drug-likeness (QED) is 0.877. The van der Waals surface area contributed by atoms with E-state index in [0.717, 1.165) is 28.7 Å². The highest BCUT2D eigenvalue weighted by molar-refractivity contribution is 9.10. The summed E-state index contributed by atoms with van der Waals surface area (Å²) in [5, 5.41) is 3.12. The monoisotopic (exact) mass is 341 g/mol. The molecule has 102 valence electrons. The van der Waals surface area contributed by atoms with Crippen LogP contribution >= 0.6 is 27.3 Å². The van der Waals surface area contributed by atoms with E-state index in [0.29, 0.717) is 12.5 Å². The molecule has 2 heterocycles. The van der Waals surface area contributed by atoms with Crippen molar-refractivity contribution in [3.05, 3.63) is 38.4 Å². The van der Waals surface area contributed by atoms with Crippen LogP contribution in [0.15, 0.2) is 22.2 Å². The third-order valence-corrected chi connectivity index (χ3v) is 4.10. The van der Waals surface area contributed by atoms with Crippen molar-refractivity contribution in [3.63, 3.8) is 0 Å². The van der Waals surface area contributed by atoms with Gasteiger partial charge in [0.1, 0.15) is 0 Å². The Morgan fingerprint density at radius 1 is 1.42 bits per heavy atom. The third kappa shape index (κ3) is 3.99. The summed E-state index contributed by atoms with van der Waals surface area (Å²) in [5.41, 5.74) is 4.01. The first-order valence-electron chi connectivity index (χ1n) is 6.01. The summed E-state index contributed by atoms with van der Waals surface area (Å²) in [6, 6.07) is 2.02. The van der Waals surface area contributed by atoms with Crippen molar-refractivity contribution < 1.29 is 4.74 Å². The number of pyridine rings is 1. The number of aryl methyl sites for hydroxylation is 1. The van der Waals surface area contributed by atoms with Crippen molar-refractivity contribution in [1.82, 2.24) is 15.3 Å². The smallest absolute Gasteiger partial charge is 0.217 e. The summed E-state index contributed by atoms with van der Waals surface area (Å²) in [6.07, 6.45) is 2.62. The molecule has 0 aliphatic heterocycles. The van der Waals surface area contributed by atoms with Gasteiger partial charge in [-0.25, -0.2) is 9.97 Å². The van der Waals surface area contributed by atoms with Crippen molar-refractivity contribution in [2.75, 3.05) is 13.7 Å². The maximum absolute atomic E-state index is 5.78. The molecule has 0 aliphatic carbocycles. The number of aromatic nitrogens is 2. The van der Waals surface area contributed by atoms with Gasteiger partial charge in [-0.05, 0) is 36.0 Å². The van der Waals surface area contributed by atoms with Crippen LogP contribution in [0.3, 0.4) is 0 Å². The molecule has 6 heteroatoms. The Bertz CT molecular complexity index is 544. The minimum atomic E-state index is 0.619. The van der Waals surface area contributed by atoms with E-state index in [4.69, 9.17) is 4.74 Å². The number of nitrogens with zero attached hydrogens (tertiary/aromatic N) is 2. The van der Waals surface area contributed by atoms with Gasteiger partial charge in [-0.2, -0.15) is 0 Å². The normalized spacial score (nSPS) is 10.7. The van der Waals surface area contributed by atoms with Gasteiger partial charge >= 0.3 is 0 Å². The fourth-order valence-corrected chi connectivity index (χ4v) is 2.86. The number of thiazole rings is 1. The van der Waals surface area contributed by atoms with Crippen LogP contribution in [0.4, 0.5) is 0 Å². The average molecular weight is 342 g/mol. The van der Waals surface area contributed by atoms with E-state index in [9.17, 15) is 0 Å². The highest BCUT2D eigenvalue weighted by atomic mass is 79.9. The Kier molecular flexibility index (Phi) is 5.30. The van der Waals surface area contributed by atoms with E-state index < -0.39 is 0 Å². The molecule has 1 N–H and O–H groups in total. The standard InChI is InChI=1S/C13H16BrN3OS/c1-9-12(19-8-17-9)3-4-18-13-10(6-15-2)5-11(14)7-16-13/h5,7-8,15H,3-4,6H2,1-2H3. The van der Waals surface area contributed by atoms with Crippen molar-refractivity contribution in [1.29, 1.82) is 0 Å². The van der Waals surface area contributed by atoms with Gasteiger partial charge < -0.3 is 10.1 Å². The topological polar surface area (TPSA) is 47.0 Å². The minimum Gasteiger partial charge on any atom is -0.477 e. The Hall–Kier alpha value is -0.980. The zero-order chi connectivity index (χ0) is 13.7. The lowest BCUT2D eigenvalue weighted by atomic mass is 10.2. The highest BCUT2D eigenvalue weighted by Gasteiger charge is 2.07. The zero-order valence-electron chi connectivity index (χ0n) is 10.9. The van der Waals surface area contributed by atoms with Crippen molar-refractivity contribution in [2.45, 2.75) is 19.9 Å². The third-order valence-electron chi connectivity index (χ3n) is 2.67. The van der Waals surface area contributed by atoms with Gasteiger partial charge in [0.15, 0.2) is 0 Å². The van der Waals surface area contributed by atoms with Crippen molar-refractivity contribution in [3.8, 4) is 5.88 Å². The van der Waals surface area contributed by atoms with Gasteiger partial charge in [-0.15, -0.1) is 11.3 Å². The largest absolute Gasteiger partial charge is 0.477 e. The minimum absolute atomic E-state index is 0.619. The van der Waals surface area contributed by atoms with E-state index in [-0.39, 0.29) is 0 Å². The molecule has 19 heavy (non-hydrogen) atoms. The van der Waals surface area contributed by atoms with Crippen molar-refractivity contribution in [2.24, 2.45) is 0 Å². The second kappa shape index (κ2) is 6.98. The van der Waals surface area contributed by atoms with Crippen LogP contribution in [0, 0.1) is 6.92 Å². The molecule has 0 aliphatic rings. The second-order valence-electron chi connectivity index (χ2n) is 4.11. The Labute approximate surface area is 125 Å². The van der Waals surface area contributed by atoms with E-state index in [1.165, 1.54) is 4.88 Å². The molecule has 0 bridgehead atoms. The molecule has 0 unspecified atom stereocenters. The number of halogens is 1. The fraction of sp³-hybridized carbons (Fsp3) is 0.385. The zero-order valence-corrected chi connectivity index (χ0v) is 13.3. The molecule has 0 radical (unpaired) electrons. The van der Waals surface area contributed by atoms with Crippen LogP contribution < -0.4 is 10.1 Å². The average Bonchev–Trinajstić information content (AvgIpc) is 2.78. The summed E-state index contributed by atoms with van der Waals surface area (Å²) >= 11 is 5.09. The van der Waals surface area contributed by atoms with Crippen LogP contribution in [-0.2, 0) is 13.0 Å². The van der Waals surface area contributed by atoms with Gasteiger partial charge in [0.05, 0.1) is 17.8 Å². The van der Waals surface area contributed by atoms with E-state index in [1.807, 2.05) is 25.5 Å². The molecule has 2 aromatic heterocycles. The number of ether oxygens (including phenoxy) is 1. The Balaban J connectivity index is 1.97. The van der Waals surface area contributed by atoms with Crippen LogP contribution in [0.2, 0.25) is 0 Å². The van der Waals surface area contributed by atoms with Gasteiger partial charge in [0.2, 0.25) is 5.88 Å². The molecule has 0 spiro atoms. The summed E-state index contributed by atoms with van der Waals surface area (Å²) in [4.78, 5) is 9.82. The maximum atomic E-state index is 5.78. The summed E-state index contributed by atoms with van der Waals surface area (Å²) in [7, 11) is 1.91. The molecule has 2 rings (SSSR count). The molecule has 0 atom stereocenters. The molecule has 4 nitrogen and oxygen atoms in total. The van der Waals surface area contributed by atoms with Gasteiger partial charge in [-0.1, -0.05) is 0 Å². The highest BCUT2D eigenvalue weighted by Crippen LogP contribution is 2.20. The molecular weight excluding hydrogens is 326 g/mol. The second-order valence-corrected chi connectivity index (χ2v) is 5.96. The lowest BCUT2D eigenvalue weighted by molar-refractivity contribution is 0.306. The maximum Gasteiger partial charge on any atom is 0.217 e. The number of hydrogen-bond donors (Lipinski definition) is 1. The number of hydrogen-bond acceptors (Lipinski definition) is 5. The number of nitrogens with one attached hydrogen (secondary N) is 1. The Morgan fingerprint density at radius 3 is 2.95 bits per heavy atom. The summed E-state index contributed by atoms with van der Waals surface area (Å²) in [5.74, 6) is 0.694. The number of rotatable bonds is 6. The molecule has 0 saturated carbocycles. The molecule has 0 fully saturated rings. The first-order valence-corrected chi connectivity index (χ1v) is 7.68. The predicted octanol–water partition coefficient (Wildman–Crippen LogP) is 2.95. The molecule has 0 saturated heterocycles. The molecule has 0 aromatic carbocycles. The fourth-order valence-electron chi connectivity index (χ4n) is 1.72. The van der Waals surface area contributed by atoms with Gasteiger partial charge in [0.25, 0.3) is 0 Å². The predicted molar refractivity (Wildman–Crippen MR) is 80.8 cm³/mol. The lowest BCUT2D eigenvalue weighted by Gasteiger charge is -2.10. The summed E-state index contributed by atoms with van der Waals surface area (Å²) < 4.78 is 6.74. The van der Waals surface area contributed by atoms with Crippen molar-refractivity contribution >= 4 is 27.3 Å². The Morgan fingerprint density at radius 2 is 2.26 bits per heavy atom. The van der Waals surface area contributed by atoms with E-state index in [2.05, 4.69) is 31.2 Å². The van der Waals surface area contributed by atoms with Gasteiger partial charge in [-0.3, -0.25) is 0 Å². The van der Waals surface area contributed by atoms with E-state index in [1.54, 1.807) is 17.5 Å². The first kappa shape index (κ1) is 14.4. The van der Waals surface area contributed by atoms with Crippen LogP contribution in [-0.4, -0.2) is 23.6 Å². The molecule has 2 aromatic rings. The first-order chi connectivity index (χ1) is 9.20. The molecular formula is C13H16BrN3OS. The SMILES string of the molecule is CNCc1cc(Br)cnc1OCCc1scnc1C. The van der Waals surface area contributed by atoms with Crippen LogP contribution in [0.1, 0.15) is 16.1 Å². The molecule has 0 amide bonds. The van der Waals surface area contributed by atoms with E-state index >= 15 is 0 Å². The summed E-state index contributed by atoms with van der Waals surface area (Å²) in [6.45, 7) is 3.38. The van der Waals surface area contributed by atoms with Gasteiger partial charge in [0, 0.05) is 34.1 Å².